The summed E-state index contributed by atoms with van der Waals surface area (Å²) in [7, 11) is 0. The maximum Gasteiger partial charge on any atom is 0.274 e. The highest BCUT2D eigenvalue weighted by Gasteiger charge is 2.60. The highest BCUT2D eigenvalue weighted by molar-refractivity contribution is 7.80. The van der Waals surface area contributed by atoms with Crippen molar-refractivity contribution in [1.82, 2.24) is 16.1 Å². The van der Waals surface area contributed by atoms with Crippen LogP contribution in [0.15, 0.2) is 24.3 Å². The fraction of sp³-hybridized carbons (Fsp3) is 0.692. The lowest BCUT2D eigenvalue weighted by Gasteiger charge is -2.65. The second-order valence-corrected chi connectivity index (χ2v) is 12.5. The van der Waals surface area contributed by atoms with Crippen LogP contribution in [0, 0.1) is 16.7 Å². The molecule has 0 spiro atoms. The smallest absolute Gasteiger partial charge is 0.274 e. The van der Waals surface area contributed by atoms with Crippen molar-refractivity contribution in [2.24, 2.45) is 16.7 Å². The van der Waals surface area contributed by atoms with Crippen molar-refractivity contribution >= 4 is 23.2 Å². The lowest BCUT2D eigenvalue weighted by molar-refractivity contribution is -0.111. The van der Waals surface area contributed by atoms with E-state index in [9.17, 15) is 4.79 Å². The Kier molecular flexibility index (Phi) is 5.84. The third-order valence-corrected chi connectivity index (χ3v) is 8.76. The van der Waals surface area contributed by atoms with Crippen LogP contribution in [0.4, 0.5) is 0 Å². The Morgan fingerprint density at radius 3 is 2.21 bits per heavy atom. The zero-order valence-electron chi connectivity index (χ0n) is 19.8. The van der Waals surface area contributed by atoms with Crippen molar-refractivity contribution in [1.29, 1.82) is 0 Å². The van der Waals surface area contributed by atoms with Gasteiger partial charge in [-0.15, -0.1) is 0 Å². The van der Waals surface area contributed by atoms with E-state index >= 15 is 0 Å². The van der Waals surface area contributed by atoms with Gasteiger partial charge in [-0.1, -0.05) is 13.8 Å². The van der Waals surface area contributed by atoms with E-state index in [1.165, 1.54) is 38.5 Å². The maximum atomic E-state index is 11.4. The van der Waals surface area contributed by atoms with Gasteiger partial charge in [0, 0.05) is 17.1 Å². The van der Waals surface area contributed by atoms with Crippen LogP contribution in [-0.2, 0) is 0 Å². The van der Waals surface area contributed by atoms with Crippen LogP contribution < -0.4 is 20.9 Å². The minimum absolute atomic E-state index is 0.171. The third-order valence-electron chi connectivity index (χ3n) is 8.54. The van der Waals surface area contributed by atoms with Crippen molar-refractivity contribution in [2.75, 3.05) is 0 Å². The number of carbonyl (C=O) groups excluding carboxylic acids is 1. The Morgan fingerprint density at radius 1 is 1.00 bits per heavy atom. The number of hydrogen-bond donors (Lipinski definition) is 4. The summed E-state index contributed by atoms with van der Waals surface area (Å²) in [6.07, 6.45) is 12.1. The lowest BCUT2D eigenvalue weighted by atomic mass is 9.43. The number of carbonyl (C=O) groups is 1. The molecule has 2 atom stereocenters. The van der Waals surface area contributed by atoms with Gasteiger partial charge in [0.2, 0.25) is 0 Å². The summed E-state index contributed by atoms with van der Waals surface area (Å²) in [5.74, 6) is 1.09. The number of benzene rings is 1. The molecule has 180 valence electrons. The van der Waals surface area contributed by atoms with Gasteiger partial charge < -0.3 is 15.4 Å². The van der Waals surface area contributed by atoms with Crippen molar-refractivity contribution in [3.63, 3.8) is 0 Å². The predicted octanol–water partition coefficient (Wildman–Crippen LogP) is 4.71. The van der Waals surface area contributed by atoms with E-state index in [-0.39, 0.29) is 11.6 Å². The first-order chi connectivity index (χ1) is 15.7. The Labute approximate surface area is 202 Å². The molecule has 0 heterocycles. The first-order valence-electron chi connectivity index (χ1n) is 12.5. The number of thiocarbonyl (C=S) groups is 1. The molecular weight excluding hydrogens is 434 g/mol. The first kappa shape index (κ1) is 22.9. The van der Waals surface area contributed by atoms with Crippen molar-refractivity contribution in [3.05, 3.63) is 29.8 Å². The van der Waals surface area contributed by atoms with Crippen molar-refractivity contribution in [2.45, 2.75) is 95.7 Å². The molecule has 4 N–H and O–H groups in total. The van der Waals surface area contributed by atoms with E-state index < -0.39 is 5.91 Å². The van der Waals surface area contributed by atoms with Gasteiger partial charge >= 0.3 is 0 Å². The zero-order valence-corrected chi connectivity index (χ0v) is 20.6. The summed E-state index contributed by atoms with van der Waals surface area (Å²) < 4.78 is 6.12. The van der Waals surface area contributed by atoms with Gasteiger partial charge in [0.15, 0.2) is 5.11 Å². The number of ether oxygens (including phenoxy) is 1. The molecule has 6 nitrogen and oxygen atoms in total. The number of hydrogen-bond acceptors (Lipinski definition) is 4. The van der Waals surface area contributed by atoms with Crippen LogP contribution >= 0.6 is 12.2 Å². The Morgan fingerprint density at radius 2 is 1.64 bits per heavy atom. The fourth-order valence-electron chi connectivity index (χ4n) is 8.32. The summed E-state index contributed by atoms with van der Waals surface area (Å²) in [4.78, 5) is 11.4. The molecule has 1 aromatic rings. The molecule has 0 unspecified atom stereocenters. The molecule has 1 amide bonds. The van der Waals surface area contributed by atoms with Gasteiger partial charge in [0.1, 0.15) is 5.75 Å². The Balaban J connectivity index is 1.10. The number of rotatable bonds is 5. The van der Waals surface area contributed by atoms with Gasteiger partial charge in [0.25, 0.3) is 5.91 Å². The molecule has 6 rings (SSSR count). The van der Waals surface area contributed by atoms with Crippen LogP contribution in [0.3, 0.4) is 0 Å². The lowest BCUT2D eigenvalue weighted by Crippen LogP contribution is -2.66. The topological polar surface area (TPSA) is 82.6 Å². The molecule has 1 aromatic carbocycles. The van der Waals surface area contributed by atoms with Gasteiger partial charge in [0.05, 0.1) is 6.10 Å². The van der Waals surface area contributed by atoms with Crippen molar-refractivity contribution in [3.8, 4) is 5.75 Å². The minimum atomic E-state index is -0.519. The molecule has 5 aliphatic carbocycles. The van der Waals surface area contributed by atoms with Crippen LogP contribution in [0.1, 0.15) is 88.4 Å². The summed E-state index contributed by atoms with van der Waals surface area (Å²) in [5.41, 5.74) is 3.19. The van der Waals surface area contributed by atoms with E-state index in [4.69, 9.17) is 22.2 Å². The fourth-order valence-corrected chi connectivity index (χ4v) is 8.70. The van der Waals surface area contributed by atoms with Gasteiger partial charge in [-0.2, -0.15) is 0 Å². The van der Waals surface area contributed by atoms with Gasteiger partial charge in [-0.3, -0.25) is 10.0 Å². The summed E-state index contributed by atoms with van der Waals surface area (Å²) >= 11 is 5.82. The van der Waals surface area contributed by atoms with Crippen LogP contribution in [0.5, 0.6) is 5.75 Å². The quantitative estimate of drug-likeness (QED) is 0.283. The minimum Gasteiger partial charge on any atom is -0.490 e. The summed E-state index contributed by atoms with van der Waals surface area (Å²) in [6, 6.07) is 7.26. The van der Waals surface area contributed by atoms with E-state index in [1.807, 2.05) is 0 Å². The van der Waals surface area contributed by atoms with E-state index in [2.05, 4.69) is 24.5 Å². The number of amides is 1. The zero-order chi connectivity index (χ0) is 23.3. The highest BCUT2D eigenvalue weighted by Crippen LogP contribution is 2.66. The van der Waals surface area contributed by atoms with Crippen molar-refractivity contribution < 1.29 is 14.7 Å². The number of hydroxylamine groups is 1. The van der Waals surface area contributed by atoms with Crippen LogP contribution in [-0.4, -0.2) is 33.9 Å². The molecule has 0 aliphatic heterocycles. The van der Waals surface area contributed by atoms with Crippen LogP contribution in [0.25, 0.3) is 0 Å². The molecule has 4 bridgehead atoms. The molecule has 5 aliphatic rings. The SMILES string of the molecule is C[C@]12CC3CC(NC(=S)NC4CCC(Oc5ccc(C(=O)NO)cc5)CC4)(C1)C[C@](C)(C3)C2. The highest BCUT2D eigenvalue weighted by atomic mass is 32.1. The molecule has 5 saturated carbocycles. The molecule has 7 heteroatoms. The molecule has 0 saturated heterocycles. The summed E-state index contributed by atoms with van der Waals surface area (Å²) in [5, 5.41) is 17.0. The number of nitrogens with one attached hydrogen (secondary N) is 3. The van der Waals surface area contributed by atoms with E-state index in [0.29, 0.717) is 22.4 Å². The average molecular weight is 472 g/mol. The Hall–Kier alpha value is -1.86. The van der Waals surface area contributed by atoms with E-state index in [1.54, 1.807) is 29.7 Å². The molecule has 33 heavy (non-hydrogen) atoms. The van der Waals surface area contributed by atoms with Gasteiger partial charge in [-0.25, -0.2) is 5.48 Å². The average Bonchev–Trinajstić information content (AvgIpc) is 2.72. The molecule has 0 radical (unpaired) electrons. The second-order valence-electron chi connectivity index (χ2n) is 12.1. The molecular formula is C26H37N3O3S. The summed E-state index contributed by atoms with van der Waals surface area (Å²) in [6.45, 7) is 5.00. The Bertz CT molecular complexity index is 894. The standard InChI is InChI=1S/C26H37N3O3S/c1-24-11-17-12-25(2,14-24)16-26(13-17,15-24)28-23(33)27-19-5-9-21(10-6-19)32-20-7-3-18(4-8-20)22(30)29-31/h3-4,7-8,17,19,21,31H,5-6,9-16H2,1-2H3,(H,29,30)(H2,27,28,33)/t17?,19?,21?,24-,25-,26?/m1/s1. The predicted molar refractivity (Wildman–Crippen MR) is 131 cm³/mol. The van der Waals surface area contributed by atoms with Gasteiger partial charge in [-0.05, 0) is 117 Å². The monoisotopic (exact) mass is 471 g/mol. The maximum absolute atomic E-state index is 11.4. The first-order valence-corrected chi connectivity index (χ1v) is 12.9. The molecule has 5 fully saturated rings. The largest absolute Gasteiger partial charge is 0.490 e. The van der Waals surface area contributed by atoms with Crippen LogP contribution in [0.2, 0.25) is 0 Å². The van der Waals surface area contributed by atoms with E-state index in [0.717, 1.165) is 42.5 Å². The normalized spacial score (nSPS) is 39.1. The second kappa shape index (κ2) is 8.42. The third kappa shape index (κ3) is 4.85. The molecule has 0 aromatic heterocycles.